The van der Waals surface area contributed by atoms with E-state index in [0.29, 0.717) is 20.5 Å². The minimum Gasteiger partial charge on any atom is -0.284 e. The second-order valence-electron chi connectivity index (χ2n) is 5.38. The SMILES string of the molecule is O=C(c1cc(Br)c2ccccc2c1SCc1ccccc1)C(F)(F)F. The second-order valence-corrected chi connectivity index (χ2v) is 7.22. The van der Waals surface area contributed by atoms with E-state index < -0.39 is 12.0 Å². The Morgan fingerprint density at radius 3 is 2.20 bits per heavy atom. The molecular weight excluding hydrogens is 413 g/mol. The number of alkyl halides is 3. The number of benzene rings is 3. The summed E-state index contributed by atoms with van der Waals surface area (Å²) in [6.07, 6.45) is -4.91. The molecule has 1 nitrogen and oxygen atoms in total. The summed E-state index contributed by atoms with van der Waals surface area (Å²) in [5.74, 6) is -1.35. The lowest BCUT2D eigenvalue weighted by Crippen LogP contribution is -2.23. The number of ketones is 1. The van der Waals surface area contributed by atoms with E-state index in [4.69, 9.17) is 0 Å². The molecule has 128 valence electrons. The van der Waals surface area contributed by atoms with E-state index in [0.717, 1.165) is 10.9 Å². The molecule has 3 rings (SSSR count). The minimum absolute atomic E-state index is 0.320. The van der Waals surface area contributed by atoms with Gasteiger partial charge in [0.15, 0.2) is 0 Å². The normalized spacial score (nSPS) is 11.7. The number of hydrogen-bond acceptors (Lipinski definition) is 2. The van der Waals surface area contributed by atoms with Crippen molar-refractivity contribution in [3.63, 3.8) is 0 Å². The number of fused-ring (bicyclic) bond motifs is 1. The van der Waals surface area contributed by atoms with Gasteiger partial charge in [0.05, 0.1) is 0 Å². The summed E-state index contributed by atoms with van der Waals surface area (Å²) in [4.78, 5) is 12.3. The molecule has 0 N–H and O–H groups in total. The van der Waals surface area contributed by atoms with Gasteiger partial charge in [-0.05, 0) is 22.4 Å². The largest absolute Gasteiger partial charge is 0.454 e. The molecule has 0 fully saturated rings. The monoisotopic (exact) mass is 424 g/mol. The molecule has 0 unspecified atom stereocenters. The maximum absolute atomic E-state index is 13.0. The Kier molecular flexibility index (Phi) is 5.20. The second kappa shape index (κ2) is 7.22. The molecule has 25 heavy (non-hydrogen) atoms. The van der Waals surface area contributed by atoms with E-state index in [1.165, 1.54) is 17.8 Å². The van der Waals surface area contributed by atoms with Gasteiger partial charge in [-0.25, -0.2) is 0 Å². The molecule has 6 heteroatoms. The molecule has 3 aromatic carbocycles. The first-order valence-electron chi connectivity index (χ1n) is 7.37. The third-order valence-electron chi connectivity index (χ3n) is 3.67. The van der Waals surface area contributed by atoms with E-state index in [-0.39, 0.29) is 5.56 Å². The molecule has 3 aromatic rings. The van der Waals surface area contributed by atoms with Crippen molar-refractivity contribution in [2.75, 3.05) is 0 Å². The lowest BCUT2D eigenvalue weighted by atomic mass is 10.0. The molecule has 0 amide bonds. The smallest absolute Gasteiger partial charge is 0.284 e. The lowest BCUT2D eigenvalue weighted by Gasteiger charge is -2.15. The van der Waals surface area contributed by atoms with Gasteiger partial charge < -0.3 is 0 Å². The van der Waals surface area contributed by atoms with E-state index in [1.54, 1.807) is 12.1 Å². The predicted molar refractivity (Wildman–Crippen MR) is 98.0 cm³/mol. The number of carbonyl (C=O) groups is 1. The van der Waals surface area contributed by atoms with Gasteiger partial charge in [-0.3, -0.25) is 4.79 Å². The van der Waals surface area contributed by atoms with Crippen LogP contribution in [0.1, 0.15) is 15.9 Å². The van der Waals surface area contributed by atoms with Crippen LogP contribution in [0.3, 0.4) is 0 Å². The van der Waals surface area contributed by atoms with Crippen molar-refractivity contribution in [2.45, 2.75) is 16.8 Å². The fraction of sp³-hybridized carbons (Fsp3) is 0.105. The zero-order valence-corrected chi connectivity index (χ0v) is 15.2. The topological polar surface area (TPSA) is 17.1 Å². The molecule has 0 saturated carbocycles. The Bertz CT molecular complexity index is 923. The molecule has 0 bridgehead atoms. The number of rotatable bonds is 4. The first kappa shape index (κ1) is 18.0. The van der Waals surface area contributed by atoms with Gasteiger partial charge in [0, 0.05) is 20.7 Å². The van der Waals surface area contributed by atoms with Crippen molar-refractivity contribution < 1.29 is 18.0 Å². The third kappa shape index (κ3) is 3.90. The molecular formula is C19H12BrF3OS. The van der Waals surface area contributed by atoms with Crippen molar-refractivity contribution in [2.24, 2.45) is 0 Å². The average molecular weight is 425 g/mol. The van der Waals surface area contributed by atoms with Crippen LogP contribution in [0, 0.1) is 0 Å². The van der Waals surface area contributed by atoms with E-state index >= 15 is 0 Å². The van der Waals surface area contributed by atoms with Gasteiger partial charge in [0.25, 0.3) is 5.78 Å². The number of thioether (sulfide) groups is 1. The molecule has 0 aliphatic carbocycles. The highest BCUT2D eigenvalue weighted by Gasteiger charge is 2.41. The quantitative estimate of drug-likeness (QED) is 0.344. The molecule has 0 aliphatic rings. The Morgan fingerprint density at radius 2 is 1.56 bits per heavy atom. The summed E-state index contributed by atoms with van der Waals surface area (Å²) < 4.78 is 39.6. The van der Waals surface area contributed by atoms with Gasteiger partial charge in [-0.15, -0.1) is 11.8 Å². The van der Waals surface area contributed by atoms with Crippen molar-refractivity contribution in [1.82, 2.24) is 0 Å². The van der Waals surface area contributed by atoms with Gasteiger partial charge in [0.2, 0.25) is 0 Å². The van der Waals surface area contributed by atoms with Crippen LogP contribution in [-0.2, 0) is 5.75 Å². The summed E-state index contributed by atoms with van der Waals surface area (Å²) in [6.45, 7) is 0. The van der Waals surface area contributed by atoms with Gasteiger partial charge in [0.1, 0.15) is 0 Å². The summed E-state index contributed by atoms with van der Waals surface area (Å²) in [7, 11) is 0. The van der Waals surface area contributed by atoms with Gasteiger partial charge in [-0.2, -0.15) is 13.2 Å². The summed E-state index contributed by atoms with van der Waals surface area (Å²) in [5.41, 5.74) is 0.656. The predicted octanol–water partition coefficient (Wildman–Crippen LogP) is 6.64. The van der Waals surface area contributed by atoms with Crippen LogP contribution >= 0.6 is 27.7 Å². The molecule has 0 radical (unpaired) electrons. The maximum Gasteiger partial charge on any atom is 0.454 e. The molecule has 0 saturated heterocycles. The Balaban J connectivity index is 2.12. The van der Waals surface area contributed by atoms with Crippen LogP contribution in [0.15, 0.2) is 70.0 Å². The van der Waals surface area contributed by atoms with E-state index in [1.807, 2.05) is 42.5 Å². The zero-order chi connectivity index (χ0) is 18.0. The molecule has 0 atom stereocenters. The molecule has 0 spiro atoms. The highest BCUT2D eigenvalue weighted by molar-refractivity contribution is 9.10. The first-order valence-corrected chi connectivity index (χ1v) is 9.15. The van der Waals surface area contributed by atoms with E-state index in [9.17, 15) is 18.0 Å². The zero-order valence-electron chi connectivity index (χ0n) is 12.8. The van der Waals surface area contributed by atoms with Crippen LogP contribution in [0.25, 0.3) is 10.8 Å². The summed E-state index contributed by atoms with van der Waals surface area (Å²) in [5, 5.41) is 1.40. The van der Waals surface area contributed by atoms with Crippen molar-refractivity contribution >= 4 is 44.2 Å². The van der Waals surface area contributed by atoms with Gasteiger partial charge >= 0.3 is 6.18 Å². The van der Waals surface area contributed by atoms with Crippen molar-refractivity contribution in [3.8, 4) is 0 Å². The highest BCUT2D eigenvalue weighted by atomic mass is 79.9. The molecule has 0 aromatic heterocycles. The summed E-state index contributed by atoms with van der Waals surface area (Å²) >= 11 is 4.53. The van der Waals surface area contributed by atoms with Crippen LogP contribution in [0.2, 0.25) is 0 Å². The van der Waals surface area contributed by atoms with Crippen LogP contribution in [0.4, 0.5) is 13.2 Å². The Hall–Kier alpha value is -1.79. The third-order valence-corrected chi connectivity index (χ3v) is 5.54. The lowest BCUT2D eigenvalue weighted by molar-refractivity contribution is -0.0886. The highest BCUT2D eigenvalue weighted by Crippen LogP contribution is 2.39. The average Bonchev–Trinajstić information content (AvgIpc) is 2.60. The standard InChI is InChI=1S/C19H12BrF3OS/c20-16-10-15(18(24)19(21,22)23)17(14-9-5-4-8-13(14)16)25-11-12-6-2-1-3-7-12/h1-10H,11H2. The molecule has 0 aliphatic heterocycles. The number of hydrogen-bond donors (Lipinski definition) is 0. The molecule has 0 heterocycles. The number of halogens is 4. The van der Waals surface area contributed by atoms with Crippen LogP contribution in [-0.4, -0.2) is 12.0 Å². The first-order chi connectivity index (χ1) is 11.9. The number of carbonyl (C=O) groups excluding carboxylic acids is 1. The Morgan fingerprint density at radius 1 is 0.960 bits per heavy atom. The number of Topliss-reactive ketones (excluding diaryl/α,β-unsaturated/α-hetero) is 1. The van der Waals surface area contributed by atoms with E-state index in [2.05, 4.69) is 15.9 Å². The van der Waals surface area contributed by atoms with Crippen LogP contribution < -0.4 is 0 Å². The van der Waals surface area contributed by atoms with Crippen LogP contribution in [0.5, 0.6) is 0 Å². The fourth-order valence-corrected chi connectivity index (χ4v) is 4.23. The Labute approximate surface area is 155 Å². The fourth-order valence-electron chi connectivity index (χ4n) is 2.51. The minimum atomic E-state index is -4.91. The maximum atomic E-state index is 13.0. The van der Waals surface area contributed by atoms with Crippen molar-refractivity contribution in [3.05, 3.63) is 76.3 Å². The van der Waals surface area contributed by atoms with Crippen molar-refractivity contribution in [1.29, 1.82) is 0 Å². The van der Waals surface area contributed by atoms with Gasteiger partial charge in [-0.1, -0.05) is 70.5 Å². The summed E-state index contributed by atoms with van der Waals surface area (Å²) in [6, 6.07) is 17.8.